The monoisotopic (exact) mass is 369 g/mol. The number of hydrogen-bond donors (Lipinski definition) is 1. The molecule has 0 fully saturated rings. The largest absolute Gasteiger partial charge is 0.423 e. The van der Waals surface area contributed by atoms with Crippen molar-refractivity contribution in [3.05, 3.63) is 80.7 Å². The summed E-state index contributed by atoms with van der Waals surface area (Å²) in [5.41, 5.74) is 3.39. The lowest BCUT2D eigenvalue weighted by atomic mass is 9.84. The van der Waals surface area contributed by atoms with Gasteiger partial charge >= 0.3 is 5.63 Å². The molecule has 4 heteroatoms. The number of fused-ring (bicyclic) bond motifs is 1. The van der Waals surface area contributed by atoms with Gasteiger partial charge in [-0.25, -0.2) is 4.79 Å². The zero-order chi connectivity index (χ0) is 18.7. The Bertz CT molecular complexity index is 956. The summed E-state index contributed by atoms with van der Waals surface area (Å²) in [5.74, 6) is 0. The minimum absolute atomic E-state index is 0.169. The van der Waals surface area contributed by atoms with Crippen molar-refractivity contribution in [3.8, 4) is 0 Å². The molecule has 0 atom stereocenters. The van der Waals surface area contributed by atoms with E-state index in [2.05, 4.69) is 31.3 Å². The van der Waals surface area contributed by atoms with E-state index < -0.39 is 0 Å². The molecule has 0 radical (unpaired) electrons. The molecule has 26 heavy (non-hydrogen) atoms. The second-order valence-electron chi connectivity index (χ2n) is 6.74. The highest BCUT2D eigenvalue weighted by Gasteiger charge is 2.28. The van der Waals surface area contributed by atoms with E-state index in [9.17, 15) is 4.79 Å². The van der Waals surface area contributed by atoms with Crippen LogP contribution in [0.4, 0.5) is 0 Å². The quantitative estimate of drug-likeness (QED) is 0.578. The van der Waals surface area contributed by atoms with E-state index >= 15 is 0 Å². The molecule has 0 unspecified atom stereocenters. The molecule has 0 saturated heterocycles. The van der Waals surface area contributed by atoms with Gasteiger partial charge in [0.1, 0.15) is 5.58 Å². The predicted octanol–water partition coefficient (Wildman–Crippen LogP) is 5.56. The van der Waals surface area contributed by atoms with E-state index in [1.54, 1.807) is 6.07 Å². The first kappa shape index (κ1) is 18.7. The maximum Gasteiger partial charge on any atom is 0.336 e. The third-order valence-corrected chi connectivity index (χ3v) is 5.46. The normalized spacial score (nSPS) is 11.8. The van der Waals surface area contributed by atoms with Crippen molar-refractivity contribution in [2.45, 2.75) is 45.7 Å². The van der Waals surface area contributed by atoms with E-state index in [0.717, 1.165) is 34.4 Å². The van der Waals surface area contributed by atoms with Crippen LogP contribution in [0, 0.1) is 6.92 Å². The van der Waals surface area contributed by atoms with Crippen LogP contribution in [0.3, 0.4) is 0 Å². The van der Waals surface area contributed by atoms with Crippen molar-refractivity contribution in [2.75, 3.05) is 0 Å². The lowest BCUT2D eigenvalue weighted by molar-refractivity contribution is 0.306. The van der Waals surface area contributed by atoms with Crippen LogP contribution in [0.25, 0.3) is 11.0 Å². The first-order chi connectivity index (χ1) is 12.5. The molecule has 0 spiro atoms. The van der Waals surface area contributed by atoms with Crippen molar-refractivity contribution >= 4 is 22.6 Å². The molecule has 3 nitrogen and oxygen atoms in total. The average Bonchev–Trinajstić information content (AvgIpc) is 2.63. The summed E-state index contributed by atoms with van der Waals surface area (Å²) in [6, 6.07) is 15.5. The highest BCUT2D eigenvalue weighted by atomic mass is 35.5. The fraction of sp³-hybridized carbons (Fsp3) is 0.318. The molecular formula is C22H24ClNO2. The molecule has 136 valence electrons. The molecule has 3 rings (SSSR count). The zero-order valence-corrected chi connectivity index (χ0v) is 16.2. The Kier molecular flexibility index (Phi) is 5.49. The molecule has 0 aliphatic carbocycles. The topological polar surface area (TPSA) is 42.2 Å². The van der Waals surface area contributed by atoms with Crippen molar-refractivity contribution in [2.24, 2.45) is 0 Å². The molecule has 0 aliphatic heterocycles. The van der Waals surface area contributed by atoms with Gasteiger partial charge in [0, 0.05) is 28.6 Å². The summed E-state index contributed by atoms with van der Waals surface area (Å²) >= 11 is 6.05. The van der Waals surface area contributed by atoms with Gasteiger partial charge in [0.15, 0.2) is 0 Å². The zero-order valence-electron chi connectivity index (χ0n) is 15.4. The van der Waals surface area contributed by atoms with Gasteiger partial charge in [0.05, 0.1) is 0 Å². The Labute approximate surface area is 159 Å². The Hall–Kier alpha value is -2.10. The van der Waals surface area contributed by atoms with Crippen LogP contribution in [0.1, 0.15) is 43.4 Å². The van der Waals surface area contributed by atoms with Crippen LogP contribution in [-0.4, -0.2) is 0 Å². The van der Waals surface area contributed by atoms with E-state index in [4.69, 9.17) is 16.0 Å². The molecule has 3 aromatic rings. The van der Waals surface area contributed by atoms with E-state index in [1.807, 2.05) is 37.3 Å². The minimum atomic E-state index is -0.315. The van der Waals surface area contributed by atoms with Crippen LogP contribution in [0.2, 0.25) is 5.02 Å². The Morgan fingerprint density at radius 2 is 1.73 bits per heavy atom. The van der Waals surface area contributed by atoms with Gasteiger partial charge in [-0.3, -0.25) is 0 Å². The van der Waals surface area contributed by atoms with E-state index in [-0.39, 0.29) is 11.2 Å². The lowest BCUT2D eigenvalue weighted by Crippen LogP contribution is -2.41. The number of rotatable bonds is 6. The molecule has 1 N–H and O–H groups in total. The summed E-state index contributed by atoms with van der Waals surface area (Å²) < 4.78 is 5.37. The minimum Gasteiger partial charge on any atom is -0.423 e. The second kappa shape index (κ2) is 7.65. The Morgan fingerprint density at radius 3 is 2.38 bits per heavy atom. The van der Waals surface area contributed by atoms with Crippen molar-refractivity contribution in [3.63, 3.8) is 0 Å². The molecule has 0 aliphatic rings. The number of aryl methyl sites for hydroxylation is 1. The summed E-state index contributed by atoms with van der Waals surface area (Å²) in [6.45, 7) is 6.93. The van der Waals surface area contributed by atoms with Crippen molar-refractivity contribution < 1.29 is 4.42 Å². The van der Waals surface area contributed by atoms with Gasteiger partial charge in [-0.05, 0) is 54.7 Å². The lowest BCUT2D eigenvalue weighted by Gasteiger charge is -2.34. The molecular weight excluding hydrogens is 346 g/mol. The van der Waals surface area contributed by atoms with Gasteiger partial charge in [0.2, 0.25) is 0 Å². The molecule has 1 aromatic heterocycles. The molecule has 2 aromatic carbocycles. The maximum atomic E-state index is 12.0. The SMILES string of the molecule is CCC(CC)(NCc1cc(=O)oc2cc(C)ccc12)c1ccc(Cl)cc1. The summed E-state index contributed by atoms with van der Waals surface area (Å²) in [4.78, 5) is 12.0. The third-order valence-electron chi connectivity index (χ3n) is 5.21. The van der Waals surface area contributed by atoms with Crippen LogP contribution >= 0.6 is 11.6 Å². The summed E-state index contributed by atoms with van der Waals surface area (Å²) in [6.07, 6.45) is 1.87. The number of nitrogens with one attached hydrogen (secondary N) is 1. The first-order valence-corrected chi connectivity index (χ1v) is 9.39. The van der Waals surface area contributed by atoms with Crippen molar-refractivity contribution in [1.29, 1.82) is 0 Å². The van der Waals surface area contributed by atoms with Crippen molar-refractivity contribution in [1.82, 2.24) is 5.32 Å². The fourth-order valence-corrected chi connectivity index (χ4v) is 3.65. The van der Waals surface area contributed by atoms with Gasteiger partial charge in [0.25, 0.3) is 0 Å². The van der Waals surface area contributed by atoms with Crippen LogP contribution in [0.15, 0.2) is 57.7 Å². The third kappa shape index (κ3) is 3.69. The second-order valence-corrected chi connectivity index (χ2v) is 7.18. The number of halogens is 1. The molecule has 0 saturated carbocycles. The van der Waals surface area contributed by atoms with Gasteiger partial charge < -0.3 is 9.73 Å². The van der Waals surface area contributed by atoms with Gasteiger partial charge in [-0.2, -0.15) is 0 Å². The predicted molar refractivity (Wildman–Crippen MR) is 108 cm³/mol. The standard InChI is InChI=1S/C22H24ClNO2/c1-4-22(5-2,17-7-9-18(23)10-8-17)24-14-16-13-21(25)26-20-12-15(3)6-11-19(16)20/h6-13,24H,4-5,14H2,1-3H3. The fourth-order valence-electron chi connectivity index (χ4n) is 3.53. The Morgan fingerprint density at radius 1 is 1.04 bits per heavy atom. The average molecular weight is 370 g/mol. The number of benzene rings is 2. The summed E-state index contributed by atoms with van der Waals surface area (Å²) in [7, 11) is 0. The van der Waals surface area contributed by atoms with Crippen LogP contribution in [0.5, 0.6) is 0 Å². The molecule has 0 amide bonds. The highest BCUT2D eigenvalue weighted by molar-refractivity contribution is 6.30. The maximum absolute atomic E-state index is 12.0. The highest BCUT2D eigenvalue weighted by Crippen LogP contribution is 2.30. The van der Waals surface area contributed by atoms with Gasteiger partial charge in [-0.15, -0.1) is 0 Å². The smallest absolute Gasteiger partial charge is 0.336 e. The molecule has 1 heterocycles. The van der Waals surface area contributed by atoms with E-state index in [0.29, 0.717) is 12.1 Å². The van der Waals surface area contributed by atoms with E-state index in [1.165, 1.54) is 5.56 Å². The Balaban J connectivity index is 1.96. The number of hydrogen-bond acceptors (Lipinski definition) is 3. The molecule has 0 bridgehead atoms. The van der Waals surface area contributed by atoms with Crippen LogP contribution in [-0.2, 0) is 12.1 Å². The summed E-state index contributed by atoms with van der Waals surface area (Å²) in [5, 5.41) is 5.40. The van der Waals surface area contributed by atoms with Gasteiger partial charge in [-0.1, -0.05) is 49.7 Å². The van der Waals surface area contributed by atoms with Crippen LogP contribution < -0.4 is 10.9 Å². The first-order valence-electron chi connectivity index (χ1n) is 9.02.